The van der Waals surface area contributed by atoms with Gasteiger partial charge in [-0.05, 0) is 12.5 Å². The number of oxime groups is 1. The van der Waals surface area contributed by atoms with Gasteiger partial charge < -0.3 is 15.7 Å². The Morgan fingerprint density at radius 2 is 2.30 bits per heavy atom. The van der Waals surface area contributed by atoms with Crippen molar-refractivity contribution in [3.05, 3.63) is 17.5 Å². The zero-order valence-corrected chi connectivity index (χ0v) is 12.5. The highest BCUT2D eigenvalue weighted by Gasteiger charge is 2.11. The average Bonchev–Trinajstić information content (AvgIpc) is 2.81. The summed E-state index contributed by atoms with van der Waals surface area (Å²) in [5.74, 6) is 0.242. The van der Waals surface area contributed by atoms with Crippen molar-refractivity contribution in [2.45, 2.75) is 26.3 Å². The molecule has 0 radical (unpaired) electrons. The molecule has 0 aliphatic heterocycles. The minimum Gasteiger partial charge on any atom is -0.409 e. The third-order valence-electron chi connectivity index (χ3n) is 3.20. The zero-order chi connectivity index (χ0) is 15.0. The molecule has 1 aromatic rings. The zero-order valence-electron chi connectivity index (χ0n) is 12.5. The second-order valence-electron chi connectivity index (χ2n) is 4.71. The molecular weight excluding hydrogens is 258 g/mol. The van der Waals surface area contributed by atoms with Crippen LogP contribution in [0.1, 0.15) is 24.7 Å². The summed E-state index contributed by atoms with van der Waals surface area (Å²) in [5.41, 5.74) is 7.76. The van der Waals surface area contributed by atoms with Crippen LogP contribution < -0.4 is 5.73 Å². The van der Waals surface area contributed by atoms with E-state index in [1.54, 1.807) is 7.11 Å². The fraction of sp³-hybridized carbons (Fsp3) is 0.692. The molecule has 1 rings (SSSR count). The Morgan fingerprint density at radius 1 is 1.55 bits per heavy atom. The molecule has 0 unspecified atom stereocenters. The van der Waals surface area contributed by atoms with Gasteiger partial charge in [0.25, 0.3) is 0 Å². The van der Waals surface area contributed by atoms with Gasteiger partial charge in [0.05, 0.1) is 18.0 Å². The predicted octanol–water partition coefficient (Wildman–Crippen LogP) is 0.567. The van der Waals surface area contributed by atoms with Crippen molar-refractivity contribution in [1.82, 2.24) is 14.7 Å². The highest BCUT2D eigenvalue weighted by atomic mass is 16.5. The standard InChI is InChI=1S/C13H25N5O2/c1-4-11-9-12(17(2)15-11)10-18(7-8-20-3)6-5-13(14)16-19/h9,19H,4-8,10H2,1-3H3,(H2,14,16). The molecule has 0 bridgehead atoms. The Hall–Kier alpha value is -1.60. The quantitative estimate of drug-likeness (QED) is 0.299. The normalized spacial score (nSPS) is 12.3. The van der Waals surface area contributed by atoms with Crippen molar-refractivity contribution < 1.29 is 9.94 Å². The molecule has 7 nitrogen and oxygen atoms in total. The first-order valence-electron chi connectivity index (χ1n) is 6.80. The molecule has 0 saturated carbocycles. The van der Waals surface area contributed by atoms with Gasteiger partial charge in [0.1, 0.15) is 5.84 Å². The number of nitrogens with zero attached hydrogens (tertiary/aromatic N) is 4. The van der Waals surface area contributed by atoms with Gasteiger partial charge in [-0.15, -0.1) is 0 Å². The summed E-state index contributed by atoms with van der Waals surface area (Å²) in [6, 6.07) is 2.11. The first-order valence-corrected chi connectivity index (χ1v) is 6.80. The molecule has 0 amide bonds. The minimum atomic E-state index is 0.242. The summed E-state index contributed by atoms with van der Waals surface area (Å²) in [6.07, 6.45) is 1.45. The lowest BCUT2D eigenvalue weighted by Gasteiger charge is -2.21. The number of nitrogens with two attached hydrogens (primary N) is 1. The van der Waals surface area contributed by atoms with Crippen molar-refractivity contribution in [2.24, 2.45) is 17.9 Å². The number of aromatic nitrogens is 2. The van der Waals surface area contributed by atoms with Crippen LogP contribution in [0.15, 0.2) is 11.2 Å². The monoisotopic (exact) mass is 283 g/mol. The SMILES string of the molecule is CCc1cc(CN(CCOC)CCC(N)=NO)n(C)n1. The van der Waals surface area contributed by atoms with E-state index >= 15 is 0 Å². The third-order valence-corrected chi connectivity index (χ3v) is 3.20. The number of hydrogen-bond acceptors (Lipinski definition) is 5. The largest absolute Gasteiger partial charge is 0.409 e. The first kappa shape index (κ1) is 16.5. The van der Waals surface area contributed by atoms with Gasteiger partial charge in [0.15, 0.2) is 0 Å². The van der Waals surface area contributed by atoms with Gasteiger partial charge in [0.2, 0.25) is 0 Å². The van der Waals surface area contributed by atoms with Crippen molar-refractivity contribution in [1.29, 1.82) is 0 Å². The van der Waals surface area contributed by atoms with Crippen LogP contribution in [0.5, 0.6) is 0 Å². The highest BCUT2D eigenvalue weighted by molar-refractivity contribution is 5.79. The second-order valence-corrected chi connectivity index (χ2v) is 4.71. The van der Waals surface area contributed by atoms with Crippen LogP contribution in [0, 0.1) is 0 Å². The molecular formula is C13H25N5O2. The number of amidine groups is 1. The molecule has 0 aromatic carbocycles. The van der Waals surface area contributed by atoms with E-state index in [1.807, 2.05) is 11.7 Å². The molecule has 0 aliphatic carbocycles. The summed E-state index contributed by atoms with van der Waals surface area (Å²) in [5, 5.41) is 16.0. The van der Waals surface area contributed by atoms with E-state index in [9.17, 15) is 0 Å². The molecule has 0 saturated heterocycles. The molecule has 114 valence electrons. The van der Waals surface area contributed by atoms with E-state index in [4.69, 9.17) is 15.7 Å². The van der Waals surface area contributed by atoms with Crippen LogP contribution in [-0.4, -0.2) is 52.5 Å². The van der Waals surface area contributed by atoms with Crippen LogP contribution >= 0.6 is 0 Å². The van der Waals surface area contributed by atoms with E-state index < -0.39 is 0 Å². The number of aryl methyl sites for hydroxylation is 2. The first-order chi connectivity index (χ1) is 9.60. The van der Waals surface area contributed by atoms with Gasteiger partial charge >= 0.3 is 0 Å². The lowest BCUT2D eigenvalue weighted by atomic mass is 10.2. The van der Waals surface area contributed by atoms with Gasteiger partial charge in [0, 0.05) is 40.2 Å². The Morgan fingerprint density at radius 3 is 2.85 bits per heavy atom. The smallest absolute Gasteiger partial charge is 0.140 e. The molecule has 1 heterocycles. The Balaban J connectivity index is 2.64. The summed E-state index contributed by atoms with van der Waals surface area (Å²) in [4.78, 5) is 2.21. The van der Waals surface area contributed by atoms with Crippen LogP contribution in [0.4, 0.5) is 0 Å². The van der Waals surface area contributed by atoms with Gasteiger partial charge in [-0.3, -0.25) is 9.58 Å². The Labute approximate surface area is 120 Å². The average molecular weight is 283 g/mol. The highest BCUT2D eigenvalue weighted by Crippen LogP contribution is 2.08. The molecule has 1 aromatic heterocycles. The lowest BCUT2D eigenvalue weighted by molar-refractivity contribution is 0.144. The fourth-order valence-corrected chi connectivity index (χ4v) is 1.93. The number of methoxy groups -OCH3 is 1. The van der Waals surface area contributed by atoms with E-state index in [0.29, 0.717) is 19.6 Å². The molecule has 0 aliphatic rings. The summed E-state index contributed by atoms with van der Waals surface area (Å²) >= 11 is 0. The Kier molecular flexibility index (Phi) is 7.03. The molecule has 0 spiro atoms. The van der Waals surface area contributed by atoms with Gasteiger partial charge in [-0.1, -0.05) is 12.1 Å². The summed E-state index contributed by atoms with van der Waals surface area (Å²) < 4.78 is 7.03. The molecule has 0 atom stereocenters. The fourth-order valence-electron chi connectivity index (χ4n) is 1.93. The predicted molar refractivity (Wildman–Crippen MR) is 77.8 cm³/mol. The maximum atomic E-state index is 8.60. The maximum absolute atomic E-state index is 8.60. The molecule has 3 N–H and O–H groups in total. The van der Waals surface area contributed by atoms with Crippen LogP contribution in [0.2, 0.25) is 0 Å². The van der Waals surface area contributed by atoms with Crippen molar-refractivity contribution in [3.63, 3.8) is 0 Å². The van der Waals surface area contributed by atoms with Crippen LogP contribution in [0.25, 0.3) is 0 Å². The van der Waals surface area contributed by atoms with Crippen molar-refractivity contribution in [2.75, 3.05) is 26.8 Å². The van der Waals surface area contributed by atoms with Crippen molar-refractivity contribution in [3.8, 4) is 0 Å². The van der Waals surface area contributed by atoms with Gasteiger partial charge in [-0.25, -0.2) is 0 Å². The lowest BCUT2D eigenvalue weighted by Crippen LogP contribution is -2.31. The van der Waals surface area contributed by atoms with Crippen molar-refractivity contribution >= 4 is 5.84 Å². The van der Waals surface area contributed by atoms with Crippen LogP contribution in [0.3, 0.4) is 0 Å². The van der Waals surface area contributed by atoms with E-state index in [2.05, 4.69) is 28.1 Å². The van der Waals surface area contributed by atoms with Gasteiger partial charge in [-0.2, -0.15) is 5.10 Å². The minimum absolute atomic E-state index is 0.242. The molecule has 0 fully saturated rings. The topological polar surface area (TPSA) is 88.9 Å². The van der Waals surface area contributed by atoms with Crippen LogP contribution in [-0.2, 0) is 24.8 Å². The van der Waals surface area contributed by atoms with E-state index in [1.165, 1.54) is 0 Å². The third kappa shape index (κ3) is 5.18. The summed E-state index contributed by atoms with van der Waals surface area (Å²) in [6.45, 7) is 5.02. The van der Waals surface area contributed by atoms with E-state index in [-0.39, 0.29) is 5.84 Å². The second kappa shape index (κ2) is 8.55. The molecule has 20 heavy (non-hydrogen) atoms. The Bertz CT molecular complexity index is 430. The number of hydrogen-bond donors (Lipinski definition) is 2. The number of ether oxygens (including phenoxy) is 1. The summed E-state index contributed by atoms with van der Waals surface area (Å²) in [7, 11) is 3.63. The van der Waals surface area contributed by atoms with E-state index in [0.717, 1.165) is 30.9 Å². The maximum Gasteiger partial charge on any atom is 0.140 e. The molecule has 7 heteroatoms. The number of rotatable bonds is 9.